The van der Waals surface area contributed by atoms with E-state index in [0.29, 0.717) is 19.4 Å². The number of nitrogens with zero attached hydrogens (tertiary/aromatic N) is 1. The van der Waals surface area contributed by atoms with E-state index in [-0.39, 0.29) is 11.8 Å². The number of piperidine rings is 1. The van der Waals surface area contributed by atoms with Crippen molar-refractivity contribution >= 4 is 23.2 Å². The lowest BCUT2D eigenvalue weighted by molar-refractivity contribution is -0.149. The van der Waals surface area contributed by atoms with Crippen LogP contribution in [0.15, 0.2) is 17.5 Å². The van der Waals surface area contributed by atoms with Crippen LogP contribution in [0.5, 0.6) is 0 Å². The van der Waals surface area contributed by atoms with Crippen LogP contribution in [0.2, 0.25) is 0 Å². The first-order chi connectivity index (χ1) is 7.18. The van der Waals surface area contributed by atoms with Crippen LogP contribution in [0.25, 0.3) is 0 Å². The Bertz CT molecular complexity index is 375. The summed E-state index contributed by atoms with van der Waals surface area (Å²) in [5.74, 6) is -0.366. The van der Waals surface area contributed by atoms with E-state index in [9.17, 15) is 9.59 Å². The lowest BCUT2D eigenvalue weighted by atomic mass is 10.1. The van der Waals surface area contributed by atoms with Crippen LogP contribution >= 0.6 is 11.3 Å². The first kappa shape index (κ1) is 10.3. The van der Waals surface area contributed by atoms with Gasteiger partial charge in [-0.25, -0.2) is 0 Å². The van der Waals surface area contributed by atoms with E-state index in [1.165, 1.54) is 16.2 Å². The summed E-state index contributed by atoms with van der Waals surface area (Å²) in [6, 6.07) is 3.30. The van der Waals surface area contributed by atoms with Crippen molar-refractivity contribution in [3.05, 3.63) is 22.4 Å². The SMILES string of the molecule is NC1CCC(=O)N(Cc2cccs2)C1=O. The number of hydrogen-bond donors (Lipinski definition) is 1. The summed E-state index contributed by atoms with van der Waals surface area (Å²) in [6.45, 7) is 0.364. The number of thiophene rings is 1. The van der Waals surface area contributed by atoms with Crippen molar-refractivity contribution in [1.82, 2.24) is 4.90 Å². The van der Waals surface area contributed by atoms with E-state index in [0.717, 1.165) is 4.88 Å². The van der Waals surface area contributed by atoms with Gasteiger partial charge in [-0.15, -0.1) is 11.3 Å². The largest absolute Gasteiger partial charge is 0.320 e. The third-order valence-electron chi connectivity index (χ3n) is 2.45. The molecule has 2 heterocycles. The first-order valence-electron chi connectivity index (χ1n) is 4.80. The highest BCUT2D eigenvalue weighted by Crippen LogP contribution is 2.17. The van der Waals surface area contributed by atoms with E-state index in [4.69, 9.17) is 5.73 Å². The average Bonchev–Trinajstić information content (AvgIpc) is 2.71. The number of carbonyl (C=O) groups excluding carboxylic acids is 2. The van der Waals surface area contributed by atoms with Gasteiger partial charge in [0.2, 0.25) is 11.8 Å². The fourth-order valence-corrected chi connectivity index (χ4v) is 2.28. The van der Waals surface area contributed by atoms with Crippen molar-refractivity contribution in [2.24, 2.45) is 5.73 Å². The van der Waals surface area contributed by atoms with Crippen molar-refractivity contribution in [1.29, 1.82) is 0 Å². The first-order valence-corrected chi connectivity index (χ1v) is 5.68. The third kappa shape index (κ3) is 2.08. The Balaban J connectivity index is 2.12. The second-order valence-electron chi connectivity index (χ2n) is 3.54. The molecule has 1 unspecified atom stereocenters. The van der Waals surface area contributed by atoms with Gasteiger partial charge < -0.3 is 5.73 Å². The summed E-state index contributed by atoms with van der Waals surface area (Å²) in [4.78, 5) is 25.4. The Labute approximate surface area is 91.7 Å². The molecule has 1 saturated heterocycles. The molecule has 80 valence electrons. The Hall–Kier alpha value is -1.20. The molecule has 5 heteroatoms. The molecule has 1 aliphatic heterocycles. The summed E-state index contributed by atoms with van der Waals surface area (Å²) in [7, 11) is 0. The number of imide groups is 1. The van der Waals surface area contributed by atoms with Crippen LogP contribution in [0.4, 0.5) is 0 Å². The summed E-state index contributed by atoms with van der Waals surface area (Å²) in [5, 5.41) is 1.92. The van der Waals surface area contributed by atoms with Gasteiger partial charge in [-0.05, 0) is 17.9 Å². The second-order valence-corrected chi connectivity index (χ2v) is 4.57. The van der Waals surface area contributed by atoms with Gasteiger partial charge in [0.25, 0.3) is 0 Å². The van der Waals surface area contributed by atoms with E-state index in [1.807, 2.05) is 17.5 Å². The zero-order valence-electron chi connectivity index (χ0n) is 8.18. The molecule has 1 aromatic heterocycles. The van der Waals surface area contributed by atoms with Crippen LogP contribution in [0.3, 0.4) is 0 Å². The van der Waals surface area contributed by atoms with Gasteiger partial charge in [0.05, 0.1) is 12.6 Å². The van der Waals surface area contributed by atoms with Gasteiger partial charge in [0.15, 0.2) is 0 Å². The maximum Gasteiger partial charge on any atom is 0.246 e. The van der Waals surface area contributed by atoms with E-state index >= 15 is 0 Å². The number of nitrogens with two attached hydrogens (primary N) is 1. The van der Waals surface area contributed by atoms with Gasteiger partial charge in [-0.2, -0.15) is 0 Å². The number of amides is 2. The molecule has 1 fully saturated rings. The summed E-state index contributed by atoms with van der Waals surface area (Å²) >= 11 is 1.53. The molecule has 0 aromatic carbocycles. The van der Waals surface area contributed by atoms with Gasteiger partial charge in [0, 0.05) is 11.3 Å². The minimum Gasteiger partial charge on any atom is -0.320 e. The lowest BCUT2D eigenvalue weighted by Crippen LogP contribution is -2.50. The van der Waals surface area contributed by atoms with Crippen molar-refractivity contribution in [2.75, 3.05) is 0 Å². The Morgan fingerprint density at radius 2 is 2.33 bits per heavy atom. The Kier molecular flexibility index (Phi) is 2.83. The minimum atomic E-state index is -0.511. The molecule has 4 nitrogen and oxygen atoms in total. The maximum atomic E-state index is 11.6. The molecule has 1 aromatic rings. The highest BCUT2D eigenvalue weighted by molar-refractivity contribution is 7.09. The minimum absolute atomic E-state index is 0.116. The molecule has 0 spiro atoms. The molecule has 1 aliphatic rings. The fourth-order valence-electron chi connectivity index (χ4n) is 1.58. The normalized spacial score (nSPS) is 22.2. The van der Waals surface area contributed by atoms with Crippen LogP contribution in [-0.4, -0.2) is 22.8 Å². The zero-order chi connectivity index (χ0) is 10.8. The van der Waals surface area contributed by atoms with Crippen molar-refractivity contribution in [3.63, 3.8) is 0 Å². The molecule has 2 rings (SSSR count). The molecular formula is C10H12N2O2S. The molecular weight excluding hydrogens is 212 g/mol. The maximum absolute atomic E-state index is 11.6. The van der Waals surface area contributed by atoms with E-state index in [2.05, 4.69) is 0 Å². The summed E-state index contributed by atoms with van der Waals surface area (Å²) in [6.07, 6.45) is 0.844. The Morgan fingerprint density at radius 1 is 1.53 bits per heavy atom. The number of hydrogen-bond acceptors (Lipinski definition) is 4. The molecule has 0 aliphatic carbocycles. The average molecular weight is 224 g/mol. The smallest absolute Gasteiger partial charge is 0.246 e. The van der Waals surface area contributed by atoms with Crippen molar-refractivity contribution < 1.29 is 9.59 Å². The van der Waals surface area contributed by atoms with Crippen LogP contribution in [0, 0.1) is 0 Å². The standard InChI is InChI=1S/C10H12N2O2S/c11-8-3-4-9(13)12(10(8)14)6-7-2-1-5-15-7/h1-2,5,8H,3-4,6,11H2. The predicted molar refractivity (Wildman–Crippen MR) is 57.1 cm³/mol. The van der Waals surface area contributed by atoms with Gasteiger partial charge in [-0.1, -0.05) is 6.07 Å². The van der Waals surface area contributed by atoms with Gasteiger partial charge in [-0.3, -0.25) is 14.5 Å². The molecule has 2 amide bonds. The highest BCUT2D eigenvalue weighted by Gasteiger charge is 2.31. The molecule has 0 radical (unpaired) electrons. The van der Waals surface area contributed by atoms with Crippen LogP contribution in [0.1, 0.15) is 17.7 Å². The topological polar surface area (TPSA) is 63.4 Å². The quantitative estimate of drug-likeness (QED) is 0.753. The fraction of sp³-hybridized carbons (Fsp3) is 0.400. The van der Waals surface area contributed by atoms with Crippen molar-refractivity contribution in [2.45, 2.75) is 25.4 Å². The predicted octanol–water partition coefficient (Wildman–Crippen LogP) is 0.724. The summed E-state index contributed by atoms with van der Waals surface area (Å²) < 4.78 is 0. The molecule has 2 N–H and O–H groups in total. The van der Waals surface area contributed by atoms with E-state index < -0.39 is 6.04 Å². The zero-order valence-corrected chi connectivity index (χ0v) is 9.00. The number of likely N-dealkylation sites (tertiary alicyclic amines) is 1. The molecule has 15 heavy (non-hydrogen) atoms. The Morgan fingerprint density at radius 3 is 3.00 bits per heavy atom. The van der Waals surface area contributed by atoms with Gasteiger partial charge >= 0.3 is 0 Å². The van der Waals surface area contributed by atoms with Crippen LogP contribution in [-0.2, 0) is 16.1 Å². The molecule has 0 saturated carbocycles. The van der Waals surface area contributed by atoms with E-state index in [1.54, 1.807) is 0 Å². The second kappa shape index (κ2) is 4.12. The summed E-state index contributed by atoms with van der Waals surface area (Å²) in [5.41, 5.74) is 5.62. The van der Waals surface area contributed by atoms with Crippen molar-refractivity contribution in [3.8, 4) is 0 Å². The molecule has 0 bridgehead atoms. The third-order valence-corrected chi connectivity index (χ3v) is 3.31. The highest BCUT2D eigenvalue weighted by atomic mass is 32.1. The van der Waals surface area contributed by atoms with Crippen LogP contribution < -0.4 is 5.73 Å². The monoisotopic (exact) mass is 224 g/mol. The number of carbonyl (C=O) groups is 2. The number of rotatable bonds is 2. The molecule has 1 atom stereocenters. The lowest BCUT2D eigenvalue weighted by Gasteiger charge is -2.28. The van der Waals surface area contributed by atoms with Gasteiger partial charge in [0.1, 0.15) is 0 Å².